The number of hydrogen-bond donors (Lipinski definition) is 1. The maximum atomic E-state index is 8.85. The summed E-state index contributed by atoms with van der Waals surface area (Å²) in [7, 11) is 0. The second-order valence-electron chi connectivity index (χ2n) is 2.70. The number of rotatable bonds is 2. The van der Waals surface area contributed by atoms with Gasteiger partial charge in [0.25, 0.3) is 0 Å². The molecule has 11 heavy (non-hydrogen) atoms. The second kappa shape index (κ2) is 2.84. The van der Waals surface area contributed by atoms with Crippen molar-refractivity contribution in [3.05, 3.63) is 14.5 Å². The van der Waals surface area contributed by atoms with E-state index in [0.717, 1.165) is 9.48 Å². The fourth-order valence-electron chi connectivity index (χ4n) is 0.953. The number of thiazole rings is 1. The fourth-order valence-corrected chi connectivity index (χ4v) is 2.63. The second-order valence-corrected chi connectivity index (χ2v) is 5.05. The van der Waals surface area contributed by atoms with Crippen molar-refractivity contribution < 1.29 is 5.11 Å². The Hall–Kier alpha value is 0.0700. The third-order valence-electron chi connectivity index (χ3n) is 1.74. The minimum Gasteiger partial charge on any atom is -0.390 e. The summed E-state index contributed by atoms with van der Waals surface area (Å²) in [6.45, 7) is 0.0454. The van der Waals surface area contributed by atoms with Gasteiger partial charge in [-0.05, 0) is 28.8 Å². The van der Waals surface area contributed by atoms with Crippen LogP contribution in [0, 0.1) is 0 Å². The lowest BCUT2D eigenvalue weighted by Crippen LogP contribution is -1.84. The van der Waals surface area contributed by atoms with Crippen molar-refractivity contribution in [1.82, 2.24) is 4.98 Å². The number of hydrogen-bond acceptors (Lipinski definition) is 3. The van der Waals surface area contributed by atoms with Gasteiger partial charge >= 0.3 is 0 Å². The van der Waals surface area contributed by atoms with Gasteiger partial charge in [0, 0.05) is 5.92 Å². The van der Waals surface area contributed by atoms with E-state index in [4.69, 9.17) is 5.11 Å². The average Bonchev–Trinajstić information content (AvgIpc) is 2.76. The van der Waals surface area contributed by atoms with Gasteiger partial charge in [-0.25, -0.2) is 4.98 Å². The van der Waals surface area contributed by atoms with Crippen LogP contribution < -0.4 is 0 Å². The van der Waals surface area contributed by atoms with Crippen LogP contribution in [0.25, 0.3) is 0 Å². The topological polar surface area (TPSA) is 33.1 Å². The summed E-state index contributed by atoms with van der Waals surface area (Å²) in [5.41, 5.74) is 0.789. The van der Waals surface area contributed by atoms with E-state index in [1.165, 1.54) is 17.8 Å². The lowest BCUT2D eigenvalue weighted by atomic mass is 10.4. The highest BCUT2D eigenvalue weighted by Gasteiger charge is 2.27. The maximum Gasteiger partial charge on any atom is 0.0972 e. The summed E-state index contributed by atoms with van der Waals surface area (Å²) in [5.74, 6) is 0.691. The molecule has 1 aliphatic carbocycles. The molecule has 0 atom stereocenters. The molecule has 1 heterocycles. The van der Waals surface area contributed by atoms with Crippen molar-refractivity contribution >= 4 is 27.3 Å². The first-order chi connectivity index (χ1) is 5.31. The third-order valence-corrected chi connectivity index (χ3v) is 3.73. The number of halogens is 1. The standard InChI is InChI=1S/C7H8BrNOS/c8-6-5(3-10)9-7(11-6)4-1-2-4/h4,10H,1-3H2. The monoisotopic (exact) mass is 233 g/mol. The Bertz CT molecular complexity index is 269. The summed E-state index contributed by atoms with van der Waals surface area (Å²) in [6.07, 6.45) is 2.54. The van der Waals surface area contributed by atoms with Crippen molar-refractivity contribution in [2.45, 2.75) is 25.4 Å². The van der Waals surface area contributed by atoms with Crippen LogP contribution in [0.3, 0.4) is 0 Å². The minimum absolute atomic E-state index is 0.0454. The molecule has 0 aliphatic heterocycles. The SMILES string of the molecule is OCc1nc(C2CC2)sc1Br. The highest BCUT2D eigenvalue weighted by atomic mass is 79.9. The average molecular weight is 234 g/mol. The van der Waals surface area contributed by atoms with Crippen LogP contribution in [0.2, 0.25) is 0 Å². The molecule has 1 aromatic rings. The van der Waals surface area contributed by atoms with E-state index in [1.54, 1.807) is 11.3 Å². The number of aliphatic hydroxyl groups excluding tert-OH is 1. The zero-order valence-electron chi connectivity index (χ0n) is 5.88. The summed E-state index contributed by atoms with van der Waals surface area (Å²) in [4.78, 5) is 4.31. The number of nitrogens with zero attached hydrogens (tertiary/aromatic N) is 1. The van der Waals surface area contributed by atoms with Gasteiger partial charge in [0.15, 0.2) is 0 Å². The number of aromatic nitrogens is 1. The first-order valence-corrected chi connectivity index (χ1v) is 5.18. The highest BCUT2D eigenvalue weighted by Crippen LogP contribution is 2.43. The van der Waals surface area contributed by atoms with E-state index >= 15 is 0 Å². The molecule has 2 nitrogen and oxygen atoms in total. The first kappa shape index (κ1) is 7.71. The van der Waals surface area contributed by atoms with Gasteiger partial charge in [0.2, 0.25) is 0 Å². The molecule has 1 aromatic heterocycles. The molecule has 0 aromatic carbocycles. The Labute approximate surface area is 77.4 Å². The summed E-state index contributed by atoms with van der Waals surface area (Å²) >= 11 is 5.02. The molecule has 2 rings (SSSR count). The third kappa shape index (κ3) is 1.48. The Balaban J connectivity index is 2.28. The molecule has 1 N–H and O–H groups in total. The van der Waals surface area contributed by atoms with Gasteiger partial charge < -0.3 is 5.11 Å². The van der Waals surface area contributed by atoms with Gasteiger partial charge in [-0.15, -0.1) is 11.3 Å². The molecule has 4 heteroatoms. The molecule has 1 fully saturated rings. The quantitative estimate of drug-likeness (QED) is 0.851. The first-order valence-electron chi connectivity index (χ1n) is 3.57. The van der Waals surface area contributed by atoms with Crippen molar-refractivity contribution in [1.29, 1.82) is 0 Å². The molecule has 1 aliphatic rings. The van der Waals surface area contributed by atoms with E-state index in [9.17, 15) is 0 Å². The molecule has 1 saturated carbocycles. The van der Waals surface area contributed by atoms with Crippen molar-refractivity contribution in [2.24, 2.45) is 0 Å². The van der Waals surface area contributed by atoms with Crippen LogP contribution in [-0.4, -0.2) is 10.1 Å². The van der Waals surface area contributed by atoms with Gasteiger partial charge in [-0.1, -0.05) is 0 Å². The zero-order valence-corrected chi connectivity index (χ0v) is 8.28. The lowest BCUT2D eigenvalue weighted by molar-refractivity contribution is 0.276. The molecule has 0 radical (unpaired) electrons. The van der Waals surface area contributed by atoms with E-state index in [1.807, 2.05) is 0 Å². The predicted molar refractivity (Wildman–Crippen MR) is 47.7 cm³/mol. The smallest absolute Gasteiger partial charge is 0.0972 e. The van der Waals surface area contributed by atoms with Crippen LogP contribution >= 0.6 is 27.3 Å². The van der Waals surface area contributed by atoms with Crippen molar-refractivity contribution in [3.8, 4) is 0 Å². The Morgan fingerprint density at radius 1 is 1.64 bits per heavy atom. The van der Waals surface area contributed by atoms with Crippen LogP contribution in [0.4, 0.5) is 0 Å². The number of aliphatic hydroxyl groups is 1. The van der Waals surface area contributed by atoms with Gasteiger partial charge in [0.05, 0.1) is 21.1 Å². The normalized spacial score (nSPS) is 17.3. The molecule has 0 bridgehead atoms. The largest absolute Gasteiger partial charge is 0.390 e. The maximum absolute atomic E-state index is 8.85. The summed E-state index contributed by atoms with van der Waals surface area (Å²) in [6, 6.07) is 0. The molecule has 60 valence electrons. The minimum atomic E-state index is 0.0454. The van der Waals surface area contributed by atoms with E-state index in [2.05, 4.69) is 20.9 Å². The molecular weight excluding hydrogens is 226 g/mol. The van der Waals surface area contributed by atoms with E-state index in [-0.39, 0.29) is 6.61 Å². The summed E-state index contributed by atoms with van der Waals surface area (Å²) in [5, 5.41) is 10.0. The van der Waals surface area contributed by atoms with Crippen LogP contribution in [0.5, 0.6) is 0 Å². The van der Waals surface area contributed by atoms with Crippen LogP contribution in [-0.2, 0) is 6.61 Å². The van der Waals surface area contributed by atoms with Crippen molar-refractivity contribution in [2.75, 3.05) is 0 Å². The highest BCUT2D eigenvalue weighted by molar-refractivity contribution is 9.11. The van der Waals surface area contributed by atoms with Crippen LogP contribution in [0.15, 0.2) is 3.79 Å². The Morgan fingerprint density at radius 2 is 2.36 bits per heavy atom. The zero-order chi connectivity index (χ0) is 7.84. The van der Waals surface area contributed by atoms with Crippen molar-refractivity contribution in [3.63, 3.8) is 0 Å². The van der Waals surface area contributed by atoms with E-state index < -0.39 is 0 Å². The summed E-state index contributed by atoms with van der Waals surface area (Å²) < 4.78 is 0.988. The van der Waals surface area contributed by atoms with Crippen LogP contribution in [0.1, 0.15) is 29.5 Å². The molecular formula is C7H8BrNOS. The predicted octanol–water partition coefficient (Wildman–Crippen LogP) is 2.28. The molecule has 0 spiro atoms. The molecule has 0 saturated heterocycles. The Morgan fingerprint density at radius 3 is 2.82 bits per heavy atom. The van der Waals surface area contributed by atoms with Gasteiger partial charge in [-0.3, -0.25) is 0 Å². The molecule has 0 amide bonds. The Kier molecular flexibility index (Phi) is 1.99. The lowest BCUT2D eigenvalue weighted by Gasteiger charge is -1.85. The van der Waals surface area contributed by atoms with Gasteiger partial charge in [-0.2, -0.15) is 0 Å². The van der Waals surface area contributed by atoms with Gasteiger partial charge in [0.1, 0.15) is 0 Å². The molecule has 0 unspecified atom stereocenters. The van der Waals surface area contributed by atoms with E-state index in [0.29, 0.717) is 5.92 Å². The fraction of sp³-hybridized carbons (Fsp3) is 0.571.